The standard InChI is InChI=1S/C12H19N5O2/c1-7-9(13)10(15-14-7)12(19)17-6-4-5-8(17)11(18)16(2)3/h8H,4-6,13H2,1-3H3,(H,14,15). The molecule has 2 heterocycles. The average Bonchev–Trinajstić information content (AvgIpc) is 2.96. The van der Waals surface area contributed by atoms with E-state index >= 15 is 0 Å². The molecule has 0 saturated carbocycles. The fraction of sp³-hybridized carbons (Fsp3) is 0.583. The molecule has 7 heteroatoms. The number of likely N-dealkylation sites (N-methyl/N-ethyl adjacent to an activating group) is 1. The maximum Gasteiger partial charge on any atom is 0.277 e. The number of nitrogens with one attached hydrogen (secondary N) is 1. The number of hydrogen-bond acceptors (Lipinski definition) is 4. The number of rotatable bonds is 2. The lowest BCUT2D eigenvalue weighted by atomic mass is 10.2. The fourth-order valence-electron chi connectivity index (χ4n) is 2.30. The third-order valence-electron chi connectivity index (χ3n) is 3.44. The quantitative estimate of drug-likeness (QED) is 0.786. The molecule has 1 aromatic rings. The minimum absolute atomic E-state index is 0.0586. The van der Waals surface area contributed by atoms with Gasteiger partial charge in [-0.2, -0.15) is 5.10 Å². The van der Waals surface area contributed by atoms with Gasteiger partial charge < -0.3 is 15.5 Å². The van der Waals surface area contributed by atoms with Crippen LogP contribution in [0.25, 0.3) is 0 Å². The second kappa shape index (κ2) is 4.91. The van der Waals surface area contributed by atoms with Gasteiger partial charge in [0.15, 0.2) is 5.69 Å². The van der Waals surface area contributed by atoms with Crippen molar-refractivity contribution < 1.29 is 9.59 Å². The molecule has 7 nitrogen and oxygen atoms in total. The number of nitrogens with two attached hydrogens (primary N) is 1. The molecule has 0 aliphatic carbocycles. The molecule has 0 bridgehead atoms. The lowest BCUT2D eigenvalue weighted by molar-refractivity contribution is -0.132. The monoisotopic (exact) mass is 265 g/mol. The first-order valence-corrected chi connectivity index (χ1v) is 6.26. The van der Waals surface area contributed by atoms with Crippen LogP contribution in [-0.4, -0.2) is 58.5 Å². The predicted octanol–water partition coefficient (Wildman–Crippen LogP) is -0.00688. The van der Waals surface area contributed by atoms with Crippen LogP contribution in [0.15, 0.2) is 0 Å². The van der Waals surface area contributed by atoms with Gasteiger partial charge in [-0.1, -0.05) is 0 Å². The molecule has 1 atom stereocenters. The summed E-state index contributed by atoms with van der Waals surface area (Å²) >= 11 is 0. The van der Waals surface area contributed by atoms with Crippen LogP contribution in [0, 0.1) is 6.92 Å². The number of H-pyrrole nitrogens is 1. The number of aromatic amines is 1. The first-order chi connectivity index (χ1) is 8.93. The molecule has 3 N–H and O–H groups in total. The van der Waals surface area contributed by atoms with Crippen LogP contribution in [0.2, 0.25) is 0 Å². The molecule has 1 unspecified atom stereocenters. The number of carbonyl (C=O) groups is 2. The second-order valence-corrected chi connectivity index (χ2v) is 5.00. The van der Waals surface area contributed by atoms with Gasteiger partial charge in [0.2, 0.25) is 5.91 Å². The summed E-state index contributed by atoms with van der Waals surface area (Å²) in [5.41, 5.74) is 7.04. The number of hydrogen-bond donors (Lipinski definition) is 2. The lowest BCUT2D eigenvalue weighted by Gasteiger charge is -2.25. The number of anilines is 1. The third-order valence-corrected chi connectivity index (χ3v) is 3.44. The van der Waals surface area contributed by atoms with Gasteiger partial charge in [0.1, 0.15) is 6.04 Å². The summed E-state index contributed by atoms with van der Waals surface area (Å²) < 4.78 is 0. The Balaban J connectivity index is 2.23. The van der Waals surface area contributed by atoms with Crippen molar-refractivity contribution in [3.63, 3.8) is 0 Å². The van der Waals surface area contributed by atoms with Crippen molar-refractivity contribution >= 4 is 17.5 Å². The van der Waals surface area contributed by atoms with E-state index in [0.29, 0.717) is 24.3 Å². The Morgan fingerprint density at radius 1 is 1.47 bits per heavy atom. The van der Waals surface area contributed by atoms with Gasteiger partial charge in [-0.3, -0.25) is 14.7 Å². The highest BCUT2D eigenvalue weighted by atomic mass is 16.2. The van der Waals surface area contributed by atoms with Gasteiger partial charge >= 0.3 is 0 Å². The number of amides is 2. The maximum absolute atomic E-state index is 12.4. The number of carbonyl (C=O) groups excluding carboxylic acids is 2. The Kier molecular flexibility index (Phi) is 3.46. The van der Waals surface area contributed by atoms with E-state index in [-0.39, 0.29) is 17.5 Å². The van der Waals surface area contributed by atoms with Crippen LogP contribution in [0.3, 0.4) is 0 Å². The molecule has 1 aromatic heterocycles. The summed E-state index contributed by atoms with van der Waals surface area (Å²) in [7, 11) is 3.38. The Bertz CT molecular complexity index is 508. The zero-order chi connectivity index (χ0) is 14.2. The van der Waals surface area contributed by atoms with Crippen molar-refractivity contribution in [2.45, 2.75) is 25.8 Å². The second-order valence-electron chi connectivity index (χ2n) is 5.00. The van der Waals surface area contributed by atoms with E-state index in [9.17, 15) is 9.59 Å². The number of nitrogen functional groups attached to an aromatic ring is 1. The summed E-state index contributed by atoms with van der Waals surface area (Å²) in [6.07, 6.45) is 1.51. The first-order valence-electron chi connectivity index (χ1n) is 6.26. The zero-order valence-electron chi connectivity index (χ0n) is 11.4. The van der Waals surface area contributed by atoms with Crippen molar-refractivity contribution in [2.24, 2.45) is 0 Å². The topological polar surface area (TPSA) is 95.3 Å². The van der Waals surface area contributed by atoms with Gasteiger partial charge in [-0.15, -0.1) is 0 Å². The molecule has 0 aromatic carbocycles. The van der Waals surface area contributed by atoms with Crippen LogP contribution < -0.4 is 5.73 Å². The molecule has 1 saturated heterocycles. The zero-order valence-corrected chi connectivity index (χ0v) is 11.4. The summed E-state index contributed by atoms with van der Waals surface area (Å²) in [5, 5.41) is 6.62. The van der Waals surface area contributed by atoms with Crippen LogP contribution in [0.5, 0.6) is 0 Å². The molecule has 1 aliphatic rings. The van der Waals surface area contributed by atoms with Crippen molar-refractivity contribution in [1.29, 1.82) is 0 Å². The molecule has 0 spiro atoms. The lowest BCUT2D eigenvalue weighted by Crippen LogP contribution is -2.45. The summed E-state index contributed by atoms with van der Waals surface area (Å²) in [6, 6.07) is -0.404. The Labute approximate surface area is 111 Å². The number of aryl methyl sites for hydroxylation is 1. The van der Waals surface area contributed by atoms with Crippen molar-refractivity contribution in [3.05, 3.63) is 11.4 Å². The Hall–Kier alpha value is -2.05. The van der Waals surface area contributed by atoms with E-state index in [4.69, 9.17) is 5.73 Å². The minimum Gasteiger partial charge on any atom is -0.395 e. The summed E-state index contributed by atoms with van der Waals surface area (Å²) in [6.45, 7) is 2.32. The largest absolute Gasteiger partial charge is 0.395 e. The van der Waals surface area contributed by atoms with Crippen LogP contribution in [0.4, 0.5) is 5.69 Å². The molecule has 104 valence electrons. The number of nitrogens with zero attached hydrogens (tertiary/aromatic N) is 3. The Morgan fingerprint density at radius 2 is 2.16 bits per heavy atom. The average molecular weight is 265 g/mol. The van der Waals surface area contributed by atoms with Gasteiger partial charge in [-0.25, -0.2) is 0 Å². The van der Waals surface area contributed by atoms with Crippen LogP contribution >= 0.6 is 0 Å². The van der Waals surface area contributed by atoms with E-state index in [1.807, 2.05) is 0 Å². The Morgan fingerprint density at radius 3 is 2.68 bits per heavy atom. The van der Waals surface area contributed by atoms with Gasteiger partial charge in [0, 0.05) is 20.6 Å². The normalized spacial score (nSPS) is 18.7. The van der Waals surface area contributed by atoms with Crippen LogP contribution in [0.1, 0.15) is 29.0 Å². The first kappa shape index (κ1) is 13.4. The fourth-order valence-corrected chi connectivity index (χ4v) is 2.30. The molecule has 0 radical (unpaired) electrons. The van der Waals surface area contributed by atoms with E-state index in [1.54, 1.807) is 25.9 Å². The SMILES string of the molecule is Cc1[nH]nc(C(=O)N2CCCC2C(=O)N(C)C)c1N. The molecule has 2 rings (SSSR count). The van der Waals surface area contributed by atoms with Gasteiger partial charge in [0.05, 0.1) is 11.4 Å². The third kappa shape index (κ3) is 2.27. The van der Waals surface area contributed by atoms with E-state index in [2.05, 4.69) is 10.2 Å². The smallest absolute Gasteiger partial charge is 0.277 e. The molecule has 1 fully saturated rings. The molecule has 1 aliphatic heterocycles. The molecule has 2 amide bonds. The van der Waals surface area contributed by atoms with Gasteiger partial charge in [0.25, 0.3) is 5.91 Å². The molecular weight excluding hydrogens is 246 g/mol. The van der Waals surface area contributed by atoms with Crippen molar-refractivity contribution in [3.8, 4) is 0 Å². The van der Waals surface area contributed by atoms with Crippen molar-refractivity contribution in [2.75, 3.05) is 26.4 Å². The highest BCUT2D eigenvalue weighted by Gasteiger charge is 2.36. The highest BCUT2D eigenvalue weighted by Crippen LogP contribution is 2.23. The van der Waals surface area contributed by atoms with E-state index < -0.39 is 6.04 Å². The van der Waals surface area contributed by atoms with E-state index in [1.165, 1.54) is 4.90 Å². The molecule has 19 heavy (non-hydrogen) atoms. The van der Waals surface area contributed by atoms with Gasteiger partial charge in [-0.05, 0) is 19.8 Å². The van der Waals surface area contributed by atoms with E-state index in [0.717, 1.165) is 6.42 Å². The minimum atomic E-state index is -0.404. The molecular formula is C12H19N5O2. The number of aromatic nitrogens is 2. The summed E-state index contributed by atoms with van der Waals surface area (Å²) in [5.74, 6) is -0.337. The highest BCUT2D eigenvalue weighted by molar-refractivity contribution is 6.00. The van der Waals surface area contributed by atoms with Crippen LogP contribution in [-0.2, 0) is 4.79 Å². The summed E-state index contributed by atoms with van der Waals surface area (Å²) in [4.78, 5) is 27.5. The van der Waals surface area contributed by atoms with Crippen molar-refractivity contribution in [1.82, 2.24) is 20.0 Å². The number of likely N-dealkylation sites (tertiary alicyclic amines) is 1. The maximum atomic E-state index is 12.4. The predicted molar refractivity (Wildman–Crippen MR) is 70.5 cm³/mol.